The van der Waals surface area contributed by atoms with Gasteiger partial charge in [-0.15, -0.1) is 0 Å². The van der Waals surface area contributed by atoms with Crippen LogP contribution in [0.3, 0.4) is 0 Å². The van der Waals surface area contributed by atoms with Crippen molar-refractivity contribution in [2.75, 3.05) is 5.73 Å². The highest BCUT2D eigenvalue weighted by Crippen LogP contribution is 2.32. The average molecular weight is 317 g/mol. The standard InChI is InChI=1S/C12H8BrClFNO/c13-9-5-12(11(16)6-10(9)15)17-8-3-1-2-7(14)4-8/h1-6H,16H2. The SMILES string of the molecule is Nc1cc(F)c(Br)cc1Oc1cccc(Cl)c1. The van der Waals surface area contributed by atoms with Crippen LogP contribution in [0.25, 0.3) is 0 Å². The van der Waals surface area contributed by atoms with Gasteiger partial charge in [0.25, 0.3) is 0 Å². The first kappa shape index (κ1) is 12.2. The lowest BCUT2D eigenvalue weighted by molar-refractivity contribution is 0.482. The molecule has 88 valence electrons. The first-order valence-corrected chi connectivity index (χ1v) is 5.91. The lowest BCUT2D eigenvalue weighted by Gasteiger charge is -2.09. The van der Waals surface area contributed by atoms with Crippen LogP contribution in [-0.2, 0) is 0 Å². The topological polar surface area (TPSA) is 35.2 Å². The molecule has 5 heteroatoms. The van der Waals surface area contributed by atoms with E-state index >= 15 is 0 Å². The van der Waals surface area contributed by atoms with Crippen LogP contribution in [0.5, 0.6) is 11.5 Å². The molecule has 2 N–H and O–H groups in total. The molecule has 0 atom stereocenters. The fourth-order valence-electron chi connectivity index (χ4n) is 1.29. The van der Waals surface area contributed by atoms with E-state index in [1.807, 2.05) is 0 Å². The van der Waals surface area contributed by atoms with Gasteiger partial charge in [0, 0.05) is 17.2 Å². The number of hydrogen-bond donors (Lipinski definition) is 1. The van der Waals surface area contributed by atoms with E-state index in [1.54, 1.807) is 24.3 Å². The quantitative estimate of drug-likeness (QED) is 0.821. The van der Waals surface area contributed by atoms with Crippen LogP contribution in [0.2, 0.25) is 5.02 Å². The van der Waals surface area contributed by atoms with Crippen LogP contribution in [0.1, 0.15) is 0 Å². The highest BCUT2D eigenvalue weighted by atomic mass is 79.9. The molecule has 2 nitrogen and oxygen atoms in total. The van der Waals surface area contributed by atoms with Crippen LogP contribution in [-0.4, -0.2) is 0 Å². The van der Waals surface area contributed by atoms with Crippen molar-refractivity contribution in [1.82, 2.24) is 0 Å². The Labute approximate surface area is 111 Å². The summed E-state index contributed by atoms with van der Waals surface area (Å²) in [5.74, 6) is 0.490. The van der Waals surface area contributed by atoms with E-state index in [0.29, 0.717) is 21.0 Å². The van der Waals surface area contributed by atoms with Crippen LogP contribution in [0.4, 0.5) is 10.1 Å². The number of halogens is 3. The van der Waals surface area contributed by atoms with Crippen LogP contribution < -0.4 is 10.5 Å². The molecule has 0 aliphatic heterocycles. The van der Waals surface area contributed by atoms with Crippen LogP contribution >= 0.6 is 27.5 Å². The van der Waals surface area contributed by atoms with Crippen molar-refractivity contribution in [3.8, 4) is 11.5 Å². The third-order valence-electron chi connectivity index (χ3n) is 2.08. The maximum Gasteiger partial charge on any atom is 0.151 e. The van der Waals surface area contributed by atoms with Gasteiger partial charge in [-0.2, -0.15) is 0 Å². The summed E-state index contributed by atoms with van der Waals surface area (Å²) < 4.78 is 19.0. The van der Waals surface area contributed by atoms with Gasteiger partial charge in [-0.1, -0.05) is 17.7 Å². The van der Waals surface area contributed by atoms with Crippen molar-refractivity contribution < 1.29 is 9.13 Å². The van der Waals surface area contributed by atoms with E-state index in [2.05, 4.69) is 15.9 Å². The molecule has 0 spiro atoms. The summed E-state index contributed by atoms with van der Waals surface area (Å²) in [6.07, 6.45) is 0. The Morgan fingerprint density at radius 1 is 1.24 bits per heavy atom. The van der Waals surface area contributed by atoms with Gasteiger partial charge in [0.2, 0.25) is 0 Å². The van der Waals surface area contributed by atoms with Crippen molar-refractivity contribution in [3.63, 3.8) is 0 Å². The Morgan fingerprint density at radius 3 is 2.71 bits per heavy atom. The first-order valence-electron chi connectivity index (χ1n) is 4.74. The van der Waals surface area contributed by atoms with E-state index in [1.165, 1.54) is 12.1 Å². The van der Waals surface area contributed by atoms with Gasteiger partial charge >= 0.3 is 0 Å². The maximum absolute atomic E-state index is 13.2. The molecule has 0 heterocycles. The maximum atomic E-state index is 13.2. The predicted molar refractivity (Wildman–Crippen MR) is 70.0 cm³/mol. The smallest absolute Gasteiger partial charge is 0.151 e. The van der Waals surface area contributed by atoms with Gasteiger partial charge in [0.15, 0.2) is 5.75 Å². The lowest BCUT2D eigenvalue weighted by Crippen LogP contribution is -1.94. The summed E-state index contributed by atoms with van der Waals surface area (Å²) in [5.41, 5.74) is 5.88. The minimum atomic E-state index is -0.430. The molecule has 0 amide bonds. The number of nitrogens with two attached hydrogens (primary N) is 1. The number of anilines is 1. The summed E-state index contributed by atoms with van der Waals surface area (Å²) in [4.78, 5) is 0. The molecule has 0 aliphatic rings. The normalized spacial score (nSPS) is 10.3. The molecule has 0 saturated heterocycles. The molecule has 0 saturated carbocycles. The molecule has 2 rings (SSSR count). The zero-order chi connectivity index (χ0) is 12.4. The highest BCUT2D eigenvalue weighted by Gasteiger charge is 2.08. The molecule has 0 unspecified atom stereocenters. The second-order valence-electron chi connectivity index (χ2n) is 3.36. The minimum Gasteiger partial charge on any atom is -0.455 e. The molecular formula is C12H8BrClFNO. The van der Waals surface area contributed by atoms with Gasteiger partial charge in [0.05, 0.1) is 10.2 Å². The second kappa shape index (κ2) is 4.94. The molecule has 2 aromatic carbocycles. The molecule has 0 fully saturated rings. The van der Waals surface area contributed by atoms with Crippen molar-refractivity contribution >= 4 is 33.2 Å². The van der Waals surface area contributed by atoms with Crippen molar-refractivity contribution in [3.05, 3.63) is 51.7 Å². The summed E-state index contributed by atoms with van der Waals surface area (Å²) >= 11 is 8.90. The Morgan fingerprint density at radius 2 is 2.00 bits per heavy atom. The highest BCUT2D eigenvalue weighted by molar-refractivity contribution is 9.10. The van der Waals surface area contributed by atoms with Crippen molar-refractivity contribution in [2.45, 2.75) is 0 Å². The summed E-state index contributed by atoms with van der Waals surface area (Å²) in [5, 5.41) is 0.558. The fourth-order valence-corrected chi connectivity index (χ4v) is 1.79. The van der Waals surface area contributed by atoms with Crippen LogP contribution in [0, 0.1) is 5.82 Å². The molecule has 0 bridgehead atoms. The van der Waals surface area contributed by atoms with E-state index in [9.17, 15) is 4.39 Å². The van der Waals surface area contributed by atoms with Crippen LogP contribution in [0.15, 0.2) is 40.9 Å². The number of benzene rings is 2. The summed E-state index contributed by atoms with van der Waals surface area (Å²) in [7, 11) is 0. The number of nitrogen functional groups attached to an aromatic ring is 1. The monoisotopic (exact) mass is 315 g/mol. The van der Waals surface area contributed by atoms with E-state index in [-0.39, 0.29) is 5.69 Å². The van der Waals surface area contributed by atoms with Gasteiger partial charge in [-0.25, -0.2) is 4.39 Å². The summed E-state index contributed by atoms with van der Waals surface area (Å²) in [6, 6.07) is 9.56. The van der Waals surface area contributed by atoms with Gasteiger partial charge in [0.1, 0.15) is 11.6 Å². The molecule has 0 aliphatic carbocycles. The largest absolute Gasteiger partial charge is 0.455 e. The zero-order valence-electron chi connectivity index (χ0n) is 8.58. The number of ether oxygens (including phenoxy) is 1. The van der Waals surface area contributed by atoms with E-state index < -0.39 is 5.82 Å². The van der Waals surface area contributed by atoms with Gasteiger partial charge < -0.3 is 10.5 Å². The summed E-state index contributed by atoms with van der Waals surface area (Å²) in [6.45, 7) is 0. The fraction of sp³-hybridized carbons (Fsp3) is 0. The Bertz CT molecular complexity index is 562. The molecule has 0 radical (unpaired) electrons. The minimum absolute atomic E-state index is 0.227. The Hall–Kier alpha value is -1.26. The first-order chi connectivity index (χ1) is 8.06. The molecule has 2 aromatic rings. The third-order valence-corrected chi connectivity index (χ3v) is 2.92. The van der Waals surface area contributed by atoms with E-state index in [4.69, 9.17) is 22.1 Å². The third kappa shape index (κ3) is 2.90. The molecule has 0 aromatic heterocycles. The molecule has 17 heavy (non-hydrogen) atoms. The van der Waals surface area contributed by atoms with Gasteiger partial charge in [-0.05, 0) is 34.1 Å². The van der Waals surface area contributed by atoms with E-state index in [0.717, 1.165) is 0 Å². The average Bonchev–Trinajstić information content (AvgIpc) is 2.26. The zero-order valence-corrected chi connectivity index (χ0v) is 10.9. The number of hydrogen-bond acceptors (Lipinski definition) is 2. The van der Waals surface area contributed by atoms with Gasteiger partial charge in [-0.3, -0.25) is 0 Å². The number of rotatable bonds is 2. The Kier molecular flexibility index (Phi) is 3.54. The second-order valence-corrected chi connectivity index (χ2v) is 4.65. The predicted octanol–water partition coefficient (Wildman–Crippen LogP) is 4.62. The van der Waals surface area contributed by atoms with Crippen molar-refractivity contribution in [2.24, 2.45) is 0 Å². The molecular weight excluding hydrogens is 308 g/mol. The van der Waals surface area contributed by atoms with Crippen molar-refractivity contribution in [1.29, 1.82) is 0 Å². The lowest BCUT2D eigenvalue weighted by atomic mass is 10.3. The Balaban J connectivity index is 2.33.